The highest BCUT2D eigenvalue weighted by Crippen LogP contribution is 2.36. The van der Waals surface area contributed by atoms with Crippen LogP contribution in [0.5, 0.6) is 11.5 Å². The minimum Gasteiger partial charge on any atom is -0.496 e. The van der Waals surface area contributed by atoms with Gasteiger partial charge in [0.25, 0.3) is 0 Å². The van der Waals surface area contributed by atoms with E-state index in [0.29, 0.717) is 0 Å². The molecule has 1 N–H and O–H groups in total. The molecule has 0 heterocycles. The summed E-state index contributed by atoms with van der Waals surface area (Å²) >= 11 is 0. The number of benzene rings is 1. The van der Waals surface area contributed by atoms with Crippen molar-refractivity contribution in [2.24, 2.45) is 0 Å². The summed E-state index contributed by atoms with van der Waals surface area (Å²) in [5.74, 6) is -1.65. The molecule has 0 unspecified atom stereocenters. The monoisotopic (exact) mass is 227 g/mol. The Bertz CT molecular complexity index is 401. The van der Waals surface area contributed by atoms with Gasteiger partial charge in [-0.15, -0.1) is 0 Å². The Labute approximate surface area is 90.4 Å². The zero-order valence-electron chi connectivity index (χ0n) is 8.59. The number of hydrogen-bond donors (Lipinski definition) is 1. The second-order valence-corrected chi connectivity index (χ2v) is 2.76. The van der Waals surface area contributed by atoms with Gasteiger partial charge in [0, 0.05) is 0 Å². The van der Waals surface area contributed by atoms with E-state index in [0.717, 1.165) is 0 Å². The summed E-state index contributed by atoms with van der Waals surface area (Å²) in [6.07, 6.45) is 0. The molecule has 0 atom stereocenters. The van der Waals surface area contributed by atoms with Gasteiger partial charge in [-0.3, -0.25) is 10.1 Å². The molecule has 0 radical (unpaired) electrons. The van der Waals surface area contributed by atoms with Gasteiger partial charge in [0.15, 0.2) is 11.3 Å². The zero-order valence-corrected chi connectivity index (χ0v) is 8.59. The fraction of sp³-hybridized carbons (Fsp3) is 0.222. The largest absolute Gasteiger partial charge is 0.496 e. The van der Waals surface area contributed by atoms with E-state index >= 15 is 0 Å². The van der Waals surface area contributed by atoms with Crippen LogP contribution in [0.1, 0.15) is 10.4 Å². The number of aromatic carboxylic acids is 1. The predicted molar refractivity (Wildman–Crippen MR) is 53.2 cm³/mol. The zero-order chi connectivity index (χ0) is 12.3. The second-order valence-electron chi connectivity index (χ2n) is 2.76. The number of nitrogens with zero attached hydrogens (tertiary/aromatic N) is 1. The molecular formula is C9H9NO6. The van der Waals surface area contributed by atoms with E-state index in [4.69, 9.17) is 14.6 Å². The van der Waals surface area contributed by atoms with E-state index in [1.54, 1.807) is 0 Å². The molecular weight excluding hydrogens is 218 g/mol. The molecule has 0 saturated heterocycles. The van der Waals surface area contributed by atoms with Crippen LogP contribution in [-0.2, 0) is 0 Å². The van der Waals surface area contributed by atoms with Gasteiger partial charge in [0.1, 0.15) is 5.75 Å². The Balaban J connectivity index is 3.60. The Morgan fingerprint density at radius 1 is 1.31 bits per heavy atom. The lowest BCUT2D eigenvalue weighted by atomic mass is 10.1. The smallest absolute Gasteiger partial charge is 0.346 e. The van der Waals surface area contributed by atoms with Gasteiger partial charge in [0.05, 0.1) is 19.1 Å². The third-order valence-electron chi connectivity index (χ3n) is 1.94. The predicted octanol–water partition coefficient (Wildman–Crippen LogP) is 1.31. The number of ether oxygens (including phenoxy) is 2. The molecule has 0 aromatic heterocycles. The number of nitro benzene ring substituents is 1. The van der Waals surface area contributed by atoms with Crippen molar-refractivity contribution in [1.29, 1.82) is 0 Å². The van der Waals surface area contributed by atoms with Crippen LogP contribution in [0.15, 0.2) is 12.1 Å². The molecule has 1 aromatic carbocycles. The third-order valence-corrected chi connectivity index (χ3v) is 1.94. The first-order chi connectivity index (χ1) is 7.52. The van der Waals surface area contributed by atoms with Gasteiger partial charge in [-0.1, -0.05) is 0 Å². The van der Waals surface area contributed by atoms with E-state index < -0.39 is 22.1 Å². The molecule has 86 valence electrons. The highest BCUT2D eigenvalue weighted by molar-refractivity contribution is 5.97. The molecule has 16 heavy (non-hydrogen) atoms. The van der Waals surface area contributed by atoms with Crippen molar-refractivity contribution in [2.75, 3.05) is 14.2 Å². The van der Waals surface area contributed by atoms with Crippen molar-refractivity contribution < 1.29 is 24.3 Å². The van der Waals surface area contributed by atoms with Crippen molar-refractivity contribution in [3.63, 3.8) is 0 Å². The van der Waals surface area contributed by atoms with Gasteiger partial charge in [-0.05, 0) is 12.1 Å². The average Bonchev–Trinajstić information content (AvgIpc) is 2.26. The Kier molecular flexibility index (Phi) is 3.29. The van der Waals surface area contributed by atoms with Crippen LogP contribution in [0.25, 0.3) is 0 Å². The van der Waals surface area contributed by atoms with Crippen LogP contribution in [0.3, 0.4) is 0 Å². The lowest BCUT2D eigenvalue weighted by Crippen LogP contribution is -2.07. The first kappa shape index (κ1) is 11.8. The minimum atomic E-state index is -1.44. The Morgan fingerprint density at radius 2 is 1.81 bits per heavy atom. The molecule has 1 rings (SSSR count). The minimum absolute atomic E-state index is 0.0833. The van der Waals surface area contributed by atoms with Crippen molar-refractivity contribution in [1.82, 2.24) is 0 Å². The summed E-state index contributed by atoms with van der Waals surface area (Å²) in [5, 5.41) is 19.7. The summed E-state index contributed by atoms with van der Waals surface area (Å²) < 4.78 is 9.49. The standard InChI is InChI=1S/C9H9NO6/c1-15-5-3-4-6(16-2)8(10(13)14)7(5)9(11)12/h3-4H,1-2H3,(H,11,12). The summed E-state index contributed by atoms with van der Waals surface area (Å²) in [7, 11) is 2.46. The molecule has 0 aliphatic rings. The van der Waals surface area contributed by atoms with Crippen molar-refractivity contribution in [3.05, 3.63) is 27.8 Å². The van der Waals surface area contributed by atoms with E-state index in [-0.39, 0.29) is 11.5 Å². The van der Waals surface area contributed by atoms with Gasteiger partial charge in [-0.2, -0.15) is 0 Å². The van der Waals surface area contributed by atoms with E-state index in [2.05, 4.69) is 0 Å². The van der Waals surface area contributed by atoms with Crippen molar-refractivity contribution in [2.45, 2.75) is 0 Å². The maximum absolute atomic E-state index is 10.9. The van der Waals surface area contributed by atoms with Crippen LogP contribution in [-0.4, -0.2) is 30.2 Å². The molecule has 0 aliphatic heterocycles. The molecule has 7 nitrogen and oxygen atoms in total. The SMILES string of the molecule is COc1ccc(OC)c([N+](=O)[O-])c1C(=O)O. The maximum atomic E-state index is 10.9. The average molecular weight is 227 g/mol. The number of methoxy groups -OCH3 is 2. The molecule has 0 aliphatic carbocycles. The number of nitro groups is 1. The van der Waals surface area contributed by atoms with Gasteiger partial charge in [-0.25, -0.2) is 4.79 Å². The van der Waals surface area contributed by atoms with Crippen LogP contribution in [0.2, 0.25) is 0 Å². The van der Waals surface area contributed by atoms with E-state index in [9.17, 15) is 14.9 Å². The van der Waals surface area contributed by atoms with Crippen LogP contribution in [0, 0.1) is 10.1 Å². The van der Waals surface area contributed by atoms with Crippen LogP contribution in [0.4, 0.5) is 5.69 Å². The van der Waals surface area contributed by atoms with Crippen molar-refractivity contribution in [3.8, 4) is 11.5 Å². The normalized spacial score (nSPS) is 9.62. The lowest BCUT2D eigenvalue weighted by molar-refractivity contribution is -0.386. The molecule has 0 spiro atoms. The summed E-state index contributed by atoms with van der Waals surface area (Å²) in [5.41, 5.74) is -1.14. The molecule has 0 saturated carbocycles. The molecule has 0 amide bonds. The molecule has 1 aromatic rings. The number of carboxylic acid groups (broad SMARTS) is 1. The number of rotatable bonds is 4. The van der Waals surface area contributed by atoms with E-state index in [1.165, 1.54) is 26.4 Å². The molecule has 7 heteroatoms. The maximum Gasteiger partial charge on any atom is 0.346 e. The van der Waals surface area contributed by atoms with Crippen LogP contribution >= 0.6 is 0 Å². The lowest BCUT2D eigenvalue weighted by Gasteiger charge is -2.08. The highest BCUT2D eigenvalue weighted by Gasteiger charge is 2.29. The highest BCUT2D eigenvalue weighted by atomic mass is 16.6. The quantitative estimate of drug-likeness (QED) is 0.614. The van der Waals surface area contributed by atoms with Gasteiger partial charge in [0.2, 0.25) is 0 Å². The van der Waals surface area contributed by atoms with Gasteiger partial charge < -0.3 is 14.6 Å². The van der Waals surface area contributed by atoms with Crippen molar-refractivity contribution >= 4 is 11.7 Å². The summed E-state index contributed by atoms with van der Waals surface area (Å²) in [4.78, 5) is 20.9. The van der Waals surface area contributed by atoms with Gasteiger partial charge >= 0.3 is 11.7 Å². The van der Waals surface area contributed by atoms with E-state index in [1.807, 2.05) is 0 Å². The fourth-order valence-corrected chi connectivity index (χ4v) is 1.28. The Morgan fingerprint density at radius 3 is 2.19 bits per heavy atom. The van der Waals surface area contributed by atoms with Crippen LogP contribution < -0.4 is 9.47 Å². The Hall–Kier alpha value is -2.31. The molecule has 0 bridgehead atoms. The number of carbonyl (C=O) groups is 1. The topological polar surface area (TPSA) is 98.9 Å². The fourth-order valence-electron chi connectivity index (χ4n) is 1.28. The first-order valence-electron chi connectivity index (χ1n) is 4.15. The number of carboxylic acids is 1. The number of hydrogen-bond acceptors (Lipinski definition) is 5. The summed E-state index contributed by atoms with van der Waals surface area (Å²) in [6, 6.07) is 2.58. The molecule has 0 fully saturated rings. The summed E-state index contributed by atoms with van der Waals surface area (Å²) in [6.45, 7) is 0. The third kappa shape index (κ3) is 1.88. The first-order valence-corrected chi connectivity index (χ1v) is 4.15. The second kappa shape index (κ2) is 4.47.